The lowest BCUT2D eigenvalue weighted by Crippen LogP contribution is -2.60. The molecule has 1 aromatic rings. The fourth-order valence-corrected chi connectivity index (χ4v) is 5.61. The summed E-state index contributed by atoms with van der Waals surface area (Å²) in [5.41, 5.74) is 1.11. The first kappa shape index (κ1) is 13.8. The standard InChI is InChI=1S/C16H22BrN3O/c1-10-14(17)8-18-20(10)9-15(21)19-16-5-11-2-12(6-16)4-13(3-11)7-16/h8,11-13H,2-7,9H2,1H3,(H,19,21). The normalized spacial score (nSPS) is 37.0. The Kier molecular flexibility index (Phi) is 3.18. The van der Waals surface area contributed by atoms with E-state index in [0.29, 0.717) is 6.54 Å². The van der Waals surface area contributed by atoms with Crippen LogP contribution in [0.5, 0.6) is 0 Å². The molecule has 5 rings (SSSR count). The first-order valence-electron chi connectivity index (χ1n) is 8.02. The van der Waals surface area contributed by atoms with Crippen molar-refractivity contribution in [2.45, 2.75) is 57.5 Å². The number of halogens is 1. The maximum Gasteiger partial charge on any atom is 0.242 e. The minimum Gasteiger partial charge on any atom is -0.349 e. The zero-order valence-corrected chi connectivity index (χ0v) is 14.0. The first-order valence-corrected chi connectivity index (χ1v) is 8.81. The van der Waals surface area contributed by atoms with E-state index >= 15 is 0 Å². The molecule has 4 aliphatic rings. The topological polar surface area (TPSA) is 46.9 Å². The quantitative estimate of drug-likeness (QED) is 0.909. The van der Waals surface area contributed by atoms with Crippen molar-refractivity contribution in [1.82, 2.24) is 15.1 Å². The summed E-state index contributed by atoms with van der Waals surface area (Å²) in [7, 11) is 0. The maximum absolute atomic E-state index is 12.5. The fourth-order valence-electron chi connectivity index (χ4n) is 5.32. The van der Waals surface area contributed by atoms with Crippen molar-refractivity contribution in [3.8, 4) is 0 Å². The van der Waals surface area contributed by atoms with Crippen LogP contribution < -0.4 is 5.32 Å². The average Bonchev–Trinajstić information content (AvgIpc) is 2.68. The lowest BCUT2D eigenvalue weighted by Gasteiger charge is -2.56. The molecule has 1 aromatic heterocycles. The van der Waals surface area contributed by atoms with Crippen LogP contribution in [0.1, 0.15) is 44.2 Å². The van der Waals surface area contributed by atoms with Crippen LogP contribution in [0.4, 0.5) is 0 Å². The van der Waals surface area contributed by atoms with Gasteiger partial charge in [-0.25, -0.2) is 0 Å². The van der Waals surface area contributed by atoms with E-state index in [1.807, 2.05) is 6.92 Å². The molecule has 1 heterocycles. The molecule has 4 aliphatic carbocycles. The van der Waals surface area contributed by atoms with E-state index in [0.717, 1.165) is 27.9 Å². The van der Waals surface area contributed by atoms with Crippen LogP contribution in [0.2, 0.25) is 0 Å². The molecule has 4 nitrogen and oxygen atoms in total. The third kappa shape index (κ3) is 2.43. The van der Waals surface area contributed by atoms with Crippen molar-refractivity contribution in [1.29, 1.82) is 0 Å². The Bertz CT molecular complexity index is 545. The summed E-state index contributed by atoms with van der Waals surface area (Å²) in [5.74, 6) is 2.70. The number of hydrogen-bond donors (Lipinski definition) is 1. The number of nitrogens with zero attached hydrogens (tertiary/aromatic N) is 2. The van der Waals surface area contributed by atoms with Gasteiger partial charge in [-0.15, -0.1) is 0 Å². The molecule has 0 saturated heterocycles. The minimum atomic E-state index is 0.101. The molecule has 4 fully saturated rings. The monoisotopic (exact) mass is 351 g/mol. The third-order valence-electron chi connectivity index (χ3n) is 5.78. The Morgan fingerprint density at radius 2 is 1.90 bits per heavy atom. The molecule has 4 bridgehead atoms. The largest absolute Gasteiger partial charge is 0.349 e. The van der Waals surface area contributed by atoms with Gasteiger partial charge in [-0.3, -0.25) is 9.48 Å². The second-order valence-electron chi connectivity index (χ2n) is 7.48. The van der Waals surface area contributed by atoms with Crippen LogP contribution >= 0.6 is 15.9 Å². The van der Waals surface area contributed by atoms with Crippen LogP contribution in [-0.4, -0.2) is 21.2 Å². The van der Waals surface area contributed by atoms with Crippen molar-refractivity contribution in [3.05, 3.63) is 16.4 Å². The molecule has 0 atom stereocenters. The number of carbonyl (C=O) groups is 1. The summed E-state index contributed by atoms with van der Waals surface area (Å²) in [4.78, 5) is 12.5. The molecule has 0 radical (unpaired) electrons. The highest BCUT2D eigenvalue weighted by atomic mass is 79.9. The van der Waals surface area contributed by atoms with Gasteiger partial charge in [0.1, 0.15) is 6.54 Å². The SMILES string of the molecule is Cc1c(Br)cnn1CC(=O)NC12CC3CC(CC(C3)C1)C2. The Hall–Kier alpha value is -0.840. The summed E-state index contributed by atoms with van der Waals surface area (Å²) in [6.07, 6.45) is 9.57. The van der Waals surface area contributed by atoms with Crippen molar-refractivity contribution >= 4 is 21.8 Å². The smallest absolute Gasteiger partial charge is 0.242 e. The van der Waals surface area contributed by atoms with Gasteiger partial charge < -0.3 is 5.32 Å². The van der Waals surface area contributed by atoms with E-state index < -0.39 is 0 Å². The van der Waals surface area contributed by atoms with Gasteiger partial charge in [0.15, 0.2) is 0 Å². The molecule has 21 heavy (non-hydrogen) atoms. The highest BCUT2D eigenvalue weighted by molar-refractivity contribution is 9.10. The Morgan fingerprint density at radius 3 is 2.38 bits per heavy atom. The van der Waals surface area contributed by atoms with E-state index in [9.17, 15) is 4.79 Å². The van der Waals surface area contributed by atoms with E-state index in [4.69, 9.17) is 0 Å². The number of hydrogen-bond acceptors (Lipinski definition) is 2. The number of amides is 1. The Morgan fingerprint density at radius 1 is 1.33 bits per heavy atom. The van der Waals surface area contributed by atoms with Gasteiger partial charge in [0, 0.05) is 5.54 Å². The minimum absolute atomic E-state index is 0.101. The molecule has 5 heteroatoms. The molecular weight excluding hydrogens is 330 g/mol. The van der Waals surface area contributed by atoms with Crippen LogP contribution in [-0.2, 0) is 11.3 Å². The summed E-state index contributed by atoms with van der Waals surface area (Å²) in [5, 5.41) is 7.65. The molecule has 0 unspecified atom stereocenters. The van der Waals surface area contributed by atoms with Crippen molar-refractivity contribution < 1.29 is 4.79 Å². The third-order valence-corrected chi connectivity index (χ3v) is 6.56. The fraction of sp³-hybridized carbons (Fsp3) is 0.750. The lowest BCUT2D eigenvalue weighted by atomic mass is 9.53. The molecule has 1 N–H and O–H groups in total. The van der Waals surface area contributed by atoms with Gasteiger partial charge in [0.05, 0.1) is 16.4 Å². The maximum atomic E-state index is 12.5. The highest BCUT2D eigenvalue weighted by Crippen LogP contribution is 2.55. The van der Waals surface area contributed by atoms with Crippen molar-refractivity contribution in [2.75, 3.05) is 0 Å². The lowest BCUT2D eigenvalue weighted by molar-refractivity contribution is -0.127. The first-order chi connectivity index (χ1) is 10.0. The molecule has 4 saturated carbocycles. The van der Waals surface area contributed by atoms with Crippen LogP contribution in [0.3, 0.4) is 0 Å². The predicted octanol–water partition coefficient (Wildman–Crippen LogP) is 3.04. The zero-order chi connectivity index (χ0) is 14.6. The molecule has 0 aromatic carbocycles. The highest BCUT2D eigenvalue weighted by Gasteiger charge is 2.51. The molecule has 114 valence electrons. The van der Waals surface area contributed by atoms with E-state index in [-0.39, 0.29) is 11.4 Å². The number of carbonyl (C=O) groups excluding carboxylic acids is 1. The Balaban J connectivity index is 1.46. The molecular formula is C16H22BrN3O. The van der Waals surface area contributed by atoms with Gasteiger partial charge in [-0.1, -0.05) is 0 Å². The Labute approximate surface area is 133 Å². The number of rotatable bonds is 3. The van der Waals surface area contributed by atoms with E-state index in [1.54, 1.807) is 10.9 Å². The van der Waals surface area contributed by atoms with Crippen molar-refractivity contribution in [2.24, 2.45) is 17.8 Å². The molecule has 0 aliphatic heterocycles. The summed E-state index contributed by atoms with van der Waals surface area (Å²) in [6.45, 7) is 2.31. The summed E-state index contributed by atoms with van der Waals surface area (Å²) < 4.78 is 2.74. The van der Waals surface area contributed by atoms with Crippen LogP contribution in [0.25, 0.3) is 0 Å². The number of aromatic nitrogens is 2. The van der Waals surface area contributed by atoms with Gasteiger partial charge >= 0.3 is 0 Å². The van der Waals surface area contributed by atoms with Crippen LogP contribution in [0, 0.1) is 24.7 Å². The predicted molar refractivity (Wildman–Crippen MR) is 83.7 cm³/mol. The average molecular weight is 352 g/mol. The summed E-state index contributed by atoms with van der Waals surface area (Å²) >= 11 is 3.44. The van der Waals surface area contributed by atoms with Gasteiger partial charge in [0.2, 0.25) is 5.91 Å². The second-order valence-corrected chi connectivity index (χ2v) is 8.34. The van der Waals surface area contributed by atoms with Gasteiger partial charge in [-0.05, 0) is 79.1 Å². The van der Waals surface area contributed by atoms with Crippen LogP contribution in [0.15, 0.2) is 10.7 Å². The second kappa shape index (κ2) is 4.83. The zero-order valence-electron chi connectivity index (χ0n) is 12.4. The van der Waals surface area contributed by atoms with Gasteiger partial charge in [0.25, 0.3) is 0 Å². The van der Waals surface area contributed by atoms with Gasteiger partial charge in [-0.2, -0.15) is 5.10 Å². The molecule has 0 spiro atoms. The van der Waals surface area contributed by atoms with E-state index in [1.165, 1.54) is 38.5 Å². The summed E-state index contributed by atoms with van der Waals surface area (Å²) in [6, 6.07) is 0. The number of nitrogens with one attached hydrogen (secondary N) is 1. The molecule has 1 amide bonds. The van der Waals surface area contributed by atoms with E-state index in [2.05, 4.69) is 26.3 Å². The van der Waals surface area contributed by atoms with Crippen molar-refractivity contribution in [3.63, 3.8) is 0 Å².